The molecule has 0 aromatic heterocycles. The van der Waals surface area contributed by atoms with Crippen molar-refractivity contribution in [1.29, 1.82) is 0 Å². The molecule has 1 aliphatic carbocycles. The summed E-state index contributed by atoms with van der Waals surface area (Å²) in [7, 11) is 1.59. The predicted octanol–water partition coefficient (Wildman–Crippen LogP) is 2.35. The van der Waals surface area contributed by atoms with Gasteiger partial charge in [-0.2, -0.15) is 0 Å². The number of carbonyl (C=O) groups is 1. The highest BCUT2D eigenvalue weighted by molar-refractivity contribution is 5.78. The number of ether oxygens (including phenoxy) is 1. The number of nitrogens with one attached hydrogen (secondary N) is 1. The van der Waals surface area contributed by atoms with Crippen LogP contribution in [0.1, 0.15) is 53.4 Å². The van der Waals surface area contributed by atoms with Gasteiger partial charge in [0.15, 0.2) is 0 Å². The summed E-state index contributed by atoms with van der Waals surface area (Å²) in [5.74, 6) is 0.443. The second-order valence-electron chi connectivity index (χ2n) is 7.44. The quantitative estimate of drug-likeness (QED) is 0.815. The van der Waals surface area contributed by atoms with E-state index in [9.17, 15) is 9.90 Å². The molecule has 20 heavy (non-hydrogen) atoms. The molecule has 1 saturated carbocycles. The Balaban J connectivity index is 2.40. The van der Waals surface area contributed by atoms with Crippen LogP contribution in [0.15, 0.2) is 0 Å². The number of rotatable bonds is 5. The van der Waals surface area contributed by atoms with Gasteiger partial charge in [0.2, 0.25) is 5.91 Å². The van der Waals surface area contributed by atoms with Gasteiger partial charge in [0.25, 0.3) is 0 Å². The minimum absolute atomic E-state index is 0.0433. The first-order chi connectivity index (χ1) is 9.18. The van der Waals surface area contributed by atoms with E-state index >= 15 is 0 Å². The molecule has 0 aromatic rings. The Morgan fingerprint density at radius 1 is 1.40 bits per heavy atom. The van der Waals surface area contributed by atoms with E-state index in [-0.39, 0.29) is 11.8 Å². The zero-order chi connectivity index (χ0) is 15.4. The van der Waals surface area contributed by atoms with Crippen LogP contribution < -0.4 is 5.32 Å². The fourth-order valence-electron chi connectivity index (χ4n) is 2.95. The van der Waals surface area contributed by atoms with Crippen molar-refractivity contribution in [2.75, 3.05) is 20.3 Å². The maximum absolute atomic E-state index is 11.8. The SMILES string of the molecule is COCC(C)C(=O)NCC1(O)CCC(C(C)(C)C)CC1. The summed E-state index contributed by atoms with van der Waals surface area (Å²) in [6.07, 6.45) is 3.61. The van der Waals surface area contributed by atoms with E-state index in [1.54, 1.807) is 7.11 Å². The molecule has 2 N–H and O–H groups in total. The van der Waals surface area contributed by atoms with Crippen LogP contribution in [-0.2, 0) is 9.53 Å². The van der Waals surface area contributed by atoms with Gasteiger partial charge in [-0.3, -0.25) is 4.79 Å². The molecule has 0 bridgehead atoms. The van der Waals surface area contributed by atoms with Crippen molar-refractivity contribution in [3.8, 4) is 0 Å². The summed E-state index contributed by atoms with van der Waals surface area (Å²) < 4.78 is 4.97. The number of methoxy groups -OCH3 is 1. The van der Waals surface area contributed by atoms with Gasteiger partial charge in [-0.05, 0) is 37.0 Å². The van der Waals surface area contributed by atoms with Crippen LogP contribution >= 0.6 is 0 Å². The number of carbonyl (C=O) groups excluding carboxylic acids is 1. The molecule has 1 rings (SSSR count). The van der Waals surface area contributed by atoms with Crippen LogP contribution in [0.3, 0.4) is 0 Å². The standard InChI is InChI=1S/C16H31NO3/c1-12(10-20-5)14(18)17-11-16(19)8-6-13(7-9-16)15(2,3)4/h12-13,19H,6-11H2,1-5H3,(H,17,18). The second kappa shape index (κ2) is 6.90. The number of aliphatic hydroxyl groups is 1. The zero-order valence-electron chi connectivity index (χ0n) is 13.7. The van der Waals surface area contributed by atoms with Crippen molar-refractivity contribution in [3.63, 3.8) is 0 Å². The second-order valence-corrected chi connectivity index (χ2v) is 7.44. The van der Waals surface area contributed by atoms with Crippen molar-refractivity contribution in [3.05, 3.63) is 0 Å². The highest BCUT2D eigenvalue weighted by atomic mass is 16.5. The van der Waals surface area contributed by atoms with Crippen LogP contribution in [-0.4, -0.2) is 36.9 Å². The third-order valence-corrected chi connectivity index (χ3v) is 4.60. The Hall–Kier alpha value is -0.610. The third kappa shape index (κ3) is 5.06. The van der Waals surface area contributed by atoms with Gasteiger partial charge < -0.3 is 15.2 Å². The average Bonchev–Trinajstić information content (AvgIpc) is 2.35. The topological polar surface area (TPSA) is 58.6 Å². The maximum Gasteiger partial charge on any atom is 0.225 e. The Morgan fingerprint density at radius 3 is 2.40 bits per heavy atom. The Morgan fingerprint density at radius 2 is 1.95 bits per heavy atom. The molecule has 0 aromatic carbocycles. The lowest BCUT2D eigenvalue weighted by molar-refractivity contribution is -0.127. The number of amides is 1. The van der Waals surface area contributed by atoms with Crippen molar-refractivity contribution >= 4 is 5.91 Å². The first-order valence-corrected chi connectivity index (χ1v) is 7.67. The minimum atomic E-state index is -0.732. The minimum Gasteiger partial charge on any atom is -0.388 e. The van der Waals surface area contributed by atoms with Crippen LogP contribution in [0.2, 0.25) is 0 Å². The first-order valence-electron chi connectivity index (χ1n) is 7.67. The van der Waals surface area contributed by atoms with E-state index in [1.807, 2.05) is 6.92 Å². The van der Waals surface area contributed by atoms with Gasteiger partial charge in [0.05, 0.1) is 18.1 Å². The molecule has 1 atom stereocenters. The predicted molar refractivity (Wildman–Crippen MR) is 80.4 cm³/mol. The van der Waals surface area contributed by atoms with Crippen molar-refractivity contribution in [2.45, 2.75) is 59.0 Å². The molecule has 0 saturated heterocycles. The lowest BCUT2D eigenvalue weighted by atomic mass is 9.68. The fourth-order valence-corrected chi connectivity index (χ4v) is 2.95. The molecule has 0 radical (unpaired) electrons. The summed E-state index contributed by atoms with van der Waals surface area (Å²) in [4.78, 5) is 11.8. The average molecular weight is 285 g/mol. The number of hydrogen-bond acceptors (Lipinski definition) is 3. The Kier molecular flexibility index (Phi) is 6.02. The number of hydrogen-bond donors (Lipinski definition) is 2. The molecule has 1 amide bonds. The van der Waals surface area contributed by atoms with Crippen molar-refractivity contribution < 1.29 is 14.6 Å². The van der Waals surface area contributed by atoms with Gasteiger partial charge in [0, 0.05) is 13.7 Å². The highest BCUT2D eigenvalue weighted by Gasteiger charge is 2.37. The molecule has 0 aliphatic heterocycles. The third-order valence-electron chi connectivity index (χ3n) is 4.60. The Bertz CT molecular complexity index is 314. The van der Waals surface area contributed by atoms with Gasteiger partial charge >= 0.3 is 0 Å². The molecule has 0 heterocycles. The summed E-state index contributed by atoms with van der Waals surface area (Å²) in [6.45, 7) is 9.38. The van der Waals surface area contributed by atoms with Gasteiger partial charge in [-0.15, -0.1) is 0 Å². The molecule has 4 heteroatoms. The van der Waals surface area contributed by atoms with E-state index in [0.29, 0.717) is 24.5 Å². The van der Waals surface area contributed by atoms with Gasteiger partial charge in [0.1, 0.15) is 0 Å². The van der Waals surface area contributed by atoms with E-state index < -0.39 is 5.60 Å². The van der Waals surface area contributed by atoms with Crippen molar-refractivity contribution in [2.24, 2.45) is 17.3 Å². The van der Waals surface area contributed by atoms with Crippen LogP contribution in [0.4, 0.5) is 0 Å². The molecule has 1 fully saturated rings. The molecule has 4 nitrogen and oxygen atoms in total. The van der Waals surface area contributed by atoms with Crippen LogP contribution in [0.5, 0.6) is 0 Å². The molecule has 0 spiro atoms. The largest absolute Gasteiger partial charge is 0.388 e. The molecule has 1 aliphatic rings. The van der Waals surface area contributed by atoms with Gasteiger partial charge in [-0.1, -0.05) is 27.7 Å². The monoisotopic (exact) mass is 285 g/mol. The summed E-state index contributed by atoms with van der Waals surface area (Å²) in [5.41, 5.74) is -0.429. The first kappa shape index (κ1) is 17.4. The molecule has 118 valence electrons. The van der Waals surface area contributed by atoms with E-state index in [1.165, 1.54) is 0 Å². The van der Waals surface area contributed by atoms with E-state index in [4.69, 9.17) is 4.74 Å². The van der Waals surface area contributed by atoms with Crippen LogP contribution in [0.25, 0.3) is 0 Å². The summed E-state index contributed by atoms with van der Waals surface area (Å²) in [5, 5.41) is 13.4. The van der Waals surface area contributed by atoms with E-state index in [0.717, 1.165) is 25.7 Å². The van der Waals surface area contributed by atoms with E-state index in [2.05, 4.69) is 26.1 Å². The normalized spacial score (nSPS) is 29.0. The highest BCUT2D eigenvalue weighted by Crippen LogP contribution is 2.41. The zero-order valence-corrected chi connectivity index (χ0v) is 13.7. The van der Waals surface area contributed by atoms with Gasteiger partial charge in [-0.25, -0.2) is 0 Å². The molecular weight excluding hydrogens is 254 g/mol. The molecular formula is C16H31NO3. The summed E-state index contributed by atoms with van der Waals surface area (Å²) >= 11 is 0. The lowest BCUT2D eigenvalue weighted by Crippen LogP contribution is -2.47. The fraction of sp³-hybridized carbons (Fsp3) is 0.938. The smallest absolute Gasteiger partial charge is 0.225 e. The van der Waals surface area contributed by atoms with Crippen molar-refractivity contribution in [1.82, 2.24) is 5.32 Å². The Labute approximate surface area is 123 Å². The lowest BCUT2D eigenvalue weighted by Gasteiger charge is -2.41. The maximum atomic E-state index is 11.8. The molecule has 1 unspecified atom stereocenters. The summed E-state index contributed by atoms with van der Waals surface area (Å²) in [6, 6.07) is 0. The van der Waals surface area contributed by atoms with Crippen LogP contribution in [0, 0.1) is 17.3 Å².